The first kappa shape index (κ1) is 25.6. The van der Waals surface area contributed by atoms with Gasteiger partial charge in [0.1, 0.15) is 16.4 Å². The number of sulfonamides is 1. The molecule has 0 bridgehead atoms. The van der Waals surface area contributed by atoms with Crippen molar-refractivity contribution in [2.75, 3.05) is 37.8 Å². The second-order valence-corrected chi connectivity index (χ2v) is 11.5. The average molecular weight is 548 g/mol. The third-order valence-corrected chi connectivity index (χ3v) is 7.99. The molecule has 3 heterocycles. The van der Waals surface area contributed by atoms with E-state index in [4.69, 9.17) is 11.6 Å². The molecular formula is C22H22ClN7O4S2. The first-order valence-corrected chi connectivity index (χ1v) is 13.3. The topological polar surface area (TPSA) is 138 Å². The highest BCUT2D eigenvalue weighted by molar-refractivity contribution is 7.92. The molecular weight excluding hydrogens is 526 g/mol. The Labute approximate surface area is 215 Å². The minimum atomic E-state index is -4.06. The predicted molar refractivity (Wildman–Crippen MR) is 141 cm³/mol. The monoisotopic (exact) mass is 547 g/mol. The Morgan fingerprint density at radius 3 is 2.56 bits per heavy atom. The molecule has 0 aliphatic rings. The van der Waals surface area contributed by atoms with Gasteiger partial charge in [-0.1, -0.05) is 11.6 Å². The Kier molecular flexibility index (Phi) is 7.54. The number of halogens is 1. The number of likely N-dealkylation sites (N-methyl/N-ethyl adjacent to an activating group) is 1. The molecule has 0 spiro atoms. The summed E-state index contributed by atoms with van der Waals surface area (Å²) in [7, 11) is -0.0753. The van der Waals surface area contributed by atoms with Gasteiger partial charge in [0, 0.05) is 18.8 Å². The van der Waals surface area contributed by atoms with Gasteiger partial charge < -0.3 is 15.5 Å². The number of nitrogens with zero attached hydrogens (tertiary/aromatic N) is 4. The molecule has 4 rings (SSSR count). The van der Waals surface area contributed by atoms with Crippen LogP contribution in [0.1, 0.15) is 0 Å². The fourth-order valence-corrected chi connectivity index (χ4v) is 5.58. The molecule has 0 saturated carbocycles. The Bertz CT molecular complexity index is 1570. The molecule has 3 aromatic heterocycles. The van der Waals surface area contributed by atoms with Crippen LogP contribution in [0.2, 0.25) is 4.34 Å². The van der Waals surface area contributed by atoms with Crippen molar-refractivity contribution in [3.63, 3.8) is 0 Å². The lowest BCUT2D eigenvalue weighted by atomic mass is 10.2. The minimum Gasteiger partial charge on any atom is -0.384 e. The molecule has 3 N–H and O–H groups in total. The number of urea groups is 1. The van der Waals surface area contributed by atoms with Gasteiger partial charge in [-0.2, -0.15) is 0 Å². The molecule has 0 radical (unpaired) electrons. The van der Waals surface area contributed by atoms with Crippen LogP contribution < -0.4 is 20.9 Å². The molecule has 0 atom stereocenters. The summed E-state index contributed by atoms with van der Waals surface area (Å²) in [6.07, 6.45) is 2.69. The van der Waals surface area contributed by atoms with Crippen molar-refractivity contribution in [3.05, 3.63) is 69.7 Å². The third kappa shape index (κ3) is 5.99. The lowest BCUT2D eigenvalue weighted by Crippen LogP contribution is -2.34. The predicted octanol–water partition coefficient (Wildman–Crippen LogP) is 2.98. The van der Waals surface area contributed by atoms with E-state index in [2.05, 4.69) is 25.5 Å². The molecule has 11 nitrogen and oxygen atoms in total. The van der Waals surface area contributed by atoms with Crippen molar-refractivity contribution in [2.24, 2.45) is 0 Å². The zero-order chi connectivity index (χ0) is 25.9. The fourth-order valence-electron chi connectivity index (χ4n) is 3.19. The van der Waals surface area contributed by atoms with Crippen LogP contribution in [0, 0.1) is 0 Å². The van der Waals surface area contributed by atoms with Gasteiger partial charge in [-0.05, 0) is 56.6 Å². The number of aromatic nitrogens is 3. The maximum Gasteiger partial charge on any atom is 0.333 e. The van der Waals surface area contributed by atoms with Gasteiger partial charge in [0.15, 0.2) is 0 Å². The number of anilines is 2. The third-order valence-electron chi connectivity index (χ3n) is 4.94. The molecule has 0 fully saturated rings. The molecule has 188 valence electrons. The van der Waals surface area contributed by atoms with Crippen molar-refractivity contribution < 1.29 is 13.2 Å². The highest BCUT2D eigenvalue weighted by atomic mass is 35.5. The van der Waals surface area contributed by atoms with Gasteiger partial charge in [0.2, 0.25) is 0 Å². The molecule has 0 aliphatic heterocycles. The molecule has 1 aromatic carbocycles. The summed E-state index contributed by atoms with van der Waals surface area (Å²) >= 11 is 6.59. The SMILES string of the molecule is CN(C)CCNc1ccc2c(=O)n(-c3ccc(NC(=O)NS(=O)(=O)c4ccc(Cl)s4)cn3)cnc2c1. The molecule has 36 heavy (non-hydrogen) atoms. The normalized spacial score (nSPS) is 11.6. The number of carbonyl (C=O) groups excluding carboxylic acids is 1. The Balaban J connectivity index is 1.46. The lowest BCUT2D eigenvalue weighted by Gasteiger charge is -2.12. The van der Waals surface area contributed by atoms with Crippen LogP contribution in [0.3, 0.4) is 0 Å². The minimum absolute atomic E-state index is 0.0873. The van der Waals surface area contributed by atoms with Crippen LogP contribution in [0.15, 0.2) is 64.0 Å². The highest BCUT2D eigenvalue weighted by Gasteiger charge is 2.20. The highest BCUT2D eigenvalue weighted by Crippen LogP contribution is 2.25. The number of nitrogens with one attached hydrogen (secondary N) is 3. The van der Waals surface area contributed by atoms with Crippen molar-refractivity contribution in [2.45, 2.75) is 4.21 Å². The number of hydrogen-bond acceptors (Lipinski definition) is 9. The van der Waals surface area contributed by atoms with E-state index >= 15 is 0 Å². The van der Waals surface area contributed by atoms with Crippen molar-refractivity contribution in [1.82, 2.24) is 24.2 Å². The molecule has 0 unspecified atom stereocenters. The summed E-state index contributed by atoms with van der Waals surface area (Å²) in [5.41, 5.74) is 1.34. The molecule has 2 amide bonds. The zero-order valence-corrected chi connectivity index (χ0v) is 21.6. The lowest BCUT2D eigenvalue weighted by molar-refractivity contribution is 0.256. The van der Waals surface area contributed by atoms with Crippen LogP contribution in [0.5, 0.6) is 0 Å². The van der Waals surface area contributed by atoms with Crippen molar-refractivity contribution in [3.8, 4) is 5.82 Å². The molecule has 14 heteroatoms. The van der Waals surface area contributed by atoms with E-state index in [1.54, 1.807) is 6.07 Å². The number of carbonyl (C=O) groups is 1. The van der Waals surface area contributed by atoms with E-state index < -0.39 is 16.1 Å². The second-order valence-electron chi connectivity index (χ2n) is 7.90. The van der Waals surface area contributed by atoms with Gasteiger partial charge in [-0.25, -0.2) is 27.9 Å². The van der Waals surface area contributed by atoms with E-state index in [0.717, 1.165) is 30.1 Å². The first-order valence-electron chi connectivity index (χ1n) is 10.6. The second kappa shape index (κ2) is 10.6. The van der Waals surface area contributed by atoms with Crippen LogP contribution in [0.25, 0.3) is 16.7 Å². The Hall–Kier alpha value is -3.52. The van der Waals surface area contributed by atoms with Crippen LogP contribution in [-0.4, -0.2) is 61.1 Å². The zero-order valence-electron chi connectivity index (χ0n) is 19.2. The molecule has 0 saturated heterocycles. The summed E-state index contributed by atoms with van der Waals surface area (Å²) < 4.78 is 27.9. The number of hydrogen-bond donors (Lipinski definition) is 3. The molecule has 0 aliphatic carbocycles. The van der Waals surface area contributed by atoms with E-state index in [0.29, 0.717) is 10.9 Å². The van der Waals surface area contributed by atoms with Gasteiger partial charge in [-0.15, -0.1) is 11.3 Å². The van der Waals surface area contributed by atoms with Gasteiger partial charge in [-0.3, -0.25) is 9.36 Å². The summed E-state index contributed by atoms with van der Waals surface area (Å²) in [5.74, 6) is 0.286. The van der Waals surface area contributed by atoms with Crippen LogP contribution >= 0.6 is 22.9 Å². The van der Waals surface area contributed by atoms with E-state index in [1.807, 2.05) is 31.0 Å². The largest absolute Gasteiger partial charge is 0.384 e. The van der Waals surface area contributed by atoms with E-state index in [9.17, 15) is 18.0 Å². The number of thiophene rings is 1. The van der Waals surface area contributed by atoms with E-state index in [1.165, 1.54) is 41.4 Å². The Morgan fingerprint density at radius 2 is 1.89 bits per heavy atom. The number of pyridine rings is 1. The average Bonchev–Trinajstić information content (AvgIpc) is 3.27. The first-order chi connectivity index (χ1) is 17.1. The quantitative estimate of drug-likeness (QED) is 0.306. The smallest absolute Gasteiger partial charge is 0.333 e. The number of amides is 2. The summed E-state index contributed by atoms with van der Waals surface area (Å²) in [5, 5.41) is 6.12. The van der Waals surface area contributed by atoms with Crippen LogP contribution in [-0.2, 0) is 10.0 Å². The number of benzene rings is 1. The summed E-state index contributed by atoms with van der Waals surface area (Å²) in [6.45, 7) is 1.62. The summed E-state index contributed by atoms with van der Waals surface area (Å²) in [6, 6.07) is 10.1. The summed E-state index contributed by atoms with van der Waals surface area (Å²) in [4.78, 5) is 35.8. The Morgan fingerprint density at radius 1 is 1.11 bits per heavy atom. The maximum absolute atomic E-state index is 13.0. The van der Waals surface area contributed by atoms with Gasteiger partial charge >= 0.3 is 6.03 Å². The number of fused-ring (bicyclic) bond motifs is 1. The standard InChI is InChI=1S/C22H22ClN7O4S2/c1-29(2)10-9-24-14-3-5-16-17(11-14)26-13-30(21(16)31)19-7-4-15(12-25-19)27-22(32)28-36(33,34)20-8-6-18(23)35-20/h3-8,11-13,24H,9-10H2,1-2H3,(H2,27,28,32). The maximum atomic E-state index is 13.0. The van der Waals surface area contributed by atoms with Crippen molar-refractivity contribution in [1.29, 1.82) is 0 Å². The van der Waals surface area contributed by atoms with Gasteiger partial charge in [0.25, 0.3) is 15.6 Å². The van der Waals surface area contributed by atoms with Crippen molar-refractivity contribution >= 4 is 61.3 Å². The molecule has 4 aromatic rings. The van der Waals surface area contributed by atoms with E-state index in [-0.39, 0.29) is 25.6 Å². The fraction of sp³-hybridized carbons (Fsp3) is 0.182. The van der Waals surface area contributed by atoms with Crippen LogP contribution in [0.4, 0.5) is 16.2 Å². The van der Waals surface area contributed by atoms with Gasteiger partial charge in [0.05, 0.1) is 27.1 Å². The number of rotatable bonds is 8.